The average molecular weight is 357 g/mol. The van der Waals surface area contributed by atoms with Gasteiger partial charge in [-0.1, -0.05) is 11.8 Å². The summed E-state index contributed by atoms with van der Waals surface area (Å²) >= 11 is -0.213. The van der Waals surface area contributed by atoms with Gasteiger partial charge in [0, 0.05) is 12.3 Å². The Morgan fingerprint density at radius 3 is 2.35 bits per heavy atom. The van der Waals surface area contributed by atoms with E-state index >= 15 is 0 Å². The smallest absolute Gasteiger partial charge is 0.441 e. The molecule has 1 aliphatic heterocycles. The van der Waals surface area contributed by atoms with Crippen LogP contribution in [0.1, 0.15) is 40.0 Å². The molecule has 0 bridgehead atoms. The van der Waals surface area contributed by atoms with Crippen LogP contribution in [-0.4, -0.2) is 53.0 Å². The quantitative estimate of drug-likeness (QED) is 0.720. The van der Waals surface area contributed by atoms with Crippen molar-refractivity contribution >= 4 is 23.8 Å². The molecular formula is C14H22F3NO4S. The van der Waals surface area contributed by atoms with Gasteiger partial charge in [-0.05, 0) is 40.0 Å². The third-order valence-corrected chi connectivity index (χ3v) is 4.18. The lowest BCUT2D eigenvalue weighted by molar-refractivity contribution is -0.153. The number of hydrogen-bond acceptors (Lipinski definition) is 5. The Hall–Kier alpha value is -1.12. The molecule has 134 valence electrons. The van der Waals surface area contributed by atoms with E-state index in [9.17, 15) is 22.8 Å². The summed E-state index contributed by atoms with van der Waals surface area (Å²) in [5.41, 5.74) is -6.54. The van der Waals surface area contributed by atoms with E-state index in [0.717, 1.165) is 7.11 Å². The molecule has 1 heterocycles. The van der Waals surface area contributed by atoms with Crippen LogP contribution in [0.3, 0.4) is 0 Å². The number of carbonyl (C=O) groups excluding carboxylic acids is 2. The van der Waals surface area contributed by atoms with Crippen molar-refractivity contribution in [2.75, 3.05) is 19.4 Å². The van der Waals surface area contributed by atoms with Gasteiger partial charge in [0.05, 0.1) is 7.11 Å². The van der Waals surface area contributed by atoms with Crippen molar-refractivity contribution < 1.29 is 32.2 Å². The average Bonchev–Trinajstić information content (AvgIpc) is 2.79. The Bertz CT molecular complexity index is 450. The topological polar surface area (TPSA) is 55.8 Å². The third kappa shape index (κ3) is 5.47. The maximum absolute atomic E-state index is 12.4. The number of rotatable bonds is 4. The van der Waals surface area contributed by atoms with Gasteiger partial charge < -0.3 is 9.47 Å². The molecule has 0 aromatic heterocycles. The highest BCUT2D eigenvalue weighted by Crippen LogP contribution is 2.39. The van der Waals surface area contributed by atoms with Gasteiger partial charge in [0.15, 0.2) is 0 Å². The number of esters is 1. The molecule has 9 heteroatoms. The van der Waals surface area contributed by atoms with E-state index in [1.165, 1.54) is 4.90 Å². The summed E-state index contributed by atoms with van der Waals surface area (Å²) in [5, 5.41) is 0. The number of carbonyl (C=O) groups is 2. The van der Waals surface area contributed by atoms with Gasteiger partial charge in [-0.3, -0.25) is 4.90 Å². The van der Waals surface area contributed by atoms with Crippen molar-refractivity contribution in [3.63, 3.8) is 0 Å². The zero-order valence-corrected chi connectivity index (χ0v) is 14.5. The third-order valence-electron chi connectivity index (χ3n) is 3.45. The second kappa shape index (κ2) is 7.19. The summed E-state index contributed by atoms with van der Waals surface area (Å²) < 4.78 is 47.1. The van der Waals surface area contributed by atoms with Gasteiger partial charge >= 0.3 is 17.6 Å². The fourth-order valence-electron chi connectivity index (χ4n) is 2.56. The van der Waals surface area contributed by atoms with E-state index in [0.29, 0.717) is 6.42 Å². The highest BCUT2D eigenvalue weighted by atomic mass is 32.2. The summed E-state index contributed by atoms with van der Waals surface area (Å²) in [4.78, 5) is 25.7. The van der Waals surface area contributed by atoms with Crippen LogP contribution < -0.4 is 0 Å². The number of halogens is 3. The van der Waals surface area contributed by atoms with Gasteiger partial charge in [0.1, 0.15) is 11.1 Å². The number of hydrogen-bond donors (Lipinski definition) is 0. The Labute approximate surface area is 137 Å². The predicted molar refractivity (Wildman–Crippen MR) is 80.1 cm³/mol. The molecule has 0 saturated carbocycles. The van der Waals surface area contributed by atoms with Gasteiger partial charge in [0.2, 0.25) is 0 Å². The van der Waals surface area contributed by atoms with Gasteiger partial charge in [-0.25, -0.2) is 9.59 Å². The lowest BCUT2D eigenvalue weighted by Gasteiger charge is -2.36. The molecule has 1 aliphatic rings. The SMILES string of the molecule is COC(=O)C1(CCSC(F)(F)F)CCCN1C(=O)OC(C)(C)C. The normalized spacial score (nSPS) is 22.1. The minimum Gasteiger partial charge on any atom is -0.467 e. The second-order valence-corrected chi connectivity index (χ2v) is 7.46. The lowest BCUT2D eigenvalue weighted by Crippen LogP contribution is -2.55. The van der Waals surface area contributed by atoms with E-state index < -0.39 is 28.7 Å². The molecule has 0 aromatic rings. The second-order valence-electron chi connectivity index (χ2n) is 6.30. The van der Waals surface area contributed by atoms with Crippen LogP contribution in [0.2, 0.25) is 0 Å². The van der Waals surface area contributed by atoms with Crippen LogP contribution in [-0.2, 0) is 14.3 Å². The summed E-state index contributed by atoms with van der Waals surface area (Å²) in [6, 6.07) is 0. The van der Waals surface area contributed by atoms with E-state index in [2.05, 4.69) is 0 Å². The number of ether oxygens (including phenoxy) is 2. The lowest BCUT2D eigenvalue weighted by atomic mass is 9.93. The van der Waals surface area contributed by atoms with Gasteiger partial charge in [-0.15, -0.1) is 0 Å². The molecule has 0 N–H and O–H groups in total. The maximum Gasteiger partial charge on any atom is 0.441 e. The Balaban J connectivity index is 2.94. The largest absolute Gasteiger partial charge is 0.467 e. The van der Waals surface area contributed by atoms with E-state index in [1.54, 1.807) is 20.8 Å². The fraction of sp³-hybridized carbons (Fsp3) is 0.857. The van der Waals surface area contributed by atoms with Crippen LogP contribution in [0.15, 0.2) is 0 Å². The Morgan fingerprint density at radius 2 is 1.87 bits per heavy atom. The summed E-state index contributed by atoms with van der Waals surface area (Å²) in [5.74, 6) is -1.04. The molecule has 1 unspecified atom stereocenters. The summed E-state index contributed by atoms with van der Waals surface area (Å²) in [6.45, 7) is 5.29. The molecule has 0 aromatic carbocycles. The van der Waals surface area contributed by atoms with Crippen molar-refractivity contribution in [2.45, 2.75) is 56.7 Å². The highest BCUT2D eigenvalue weighted by Gasteiger charge is 2.52. The van der Waals surface area contributed by atoms with Crippen LogP contribution in [0.4, 0.5) is 18.0 Å². The first kappa shape index (κ1) is 19.9. The Kier molecular flexibility index (Phi) is 6.23. The van der Waals surface area contributed by atoms with E-state index in [1.807, 2.05) is 0 Å². The predicted octanol–water partition coefficient (Wildman–Crippen LogP) is 3.57. The number of nitrogens with zero attached hydrogens (tertiary/aromatic N) is 1. The summed E-state index contributed by atoms with van der Waals surface area (Å²) in [7, 11) is 1.16. The minimum atomic E-state index is -4.38. The minimum absolute atomic E-state index is 0.136. The molecule has 0 radical (unpaired) electrons. The molecule has 1 atom stereocenters. The molecule has 1 fully saturated rings. The van der Waals surface area contributed by atoms with Crippen LogP contribution in [0, 0.1) is 0 Å². The Morgan fingerprint density at radius 1 is 1.26 bits per heavy atom. The first-order chi connectivity index (χ1) is 10.4. The van der Waals surface area contributed by atoms with Crippen molar-refractivity contribution in [3.05, 3.63) is 0 Å². The number of likely N-dealkylation sites (tertiary alicyclic amines) is 1. The summed E-state index contributed by atoms with van der Waals surface area (Å²) in [6.07, 6.45) is -0.0803. The highest BCUT2D eigenvalue weighted by molar-refractivity contribution is 8.00. The number of methoxy groups -OCH3 is 1. The molecule has 0 aliphatic carbocycles. The molecule has 23 heavy (non-hydrogen) atoms. The van der Waals surface area contributed by atoms with Crippen LogP contribution in [0.25, 0.3) is 0 Å². The molecule has 1 saturated heterocycles. The van der Waals surface area contributed by atoms with Gasteiger partial charge in [-0.2, -0.15) is 13.2 Å². The maximum atomic E-state index is 12.4. The molecule has 5 nitrogen and oxygen atoms in total. The van der Waals surface area contributed by atoms with Crippen LogP contribution in [0.5, 0.6) is 0 Å². The first-order valence-electron chi connectivity index (χ1n) is 7.21. The molecular weight excluding hydrogens is 335 g/mol. The van der Waals surface area contributed by atoms with E-state index in [-0.39, 0.29) is 36.9 Å². The standard InChI is InChI=1S/C14H22F3NO4S/c1-12(2,3)22-11(20)18-8-5-6-13(18,10(19)21-4)7-9-23-14(15,16)17/h5-9H2,1-4H3. The zero-order valence-electron chi connectivity index (χ0n) is 13.7. The van der Waals surface area contributed by atoms with Crippen molar-refractivity contribution in [1.82, 2.24) is 4.90 Å². The molecule has 0 spiro atoms. The van der Waals surface area contributed by atoms with Crippen LogP contribution >= 0.6 is 11.8 Å². The number of thioether (sulfide) groups is 1. The number of amides is 1. The monoisotopic (exact) mass is 357 g/mol. The zero-order chi connectivity index (χ0) is 17.9. The number of alkyl halides is 3. The van der Waals surface area contributed by atoms with Gasteiger partial charge in [0.25, 0.3) is 0 Å². The fourth-order valence-corrected chi connectivity index (χ4v) is 3.23. The molecule has 1 amide bonds. The van der Waals surface area contributed by atoms with Crippen molar-refractivity contribution in [1.29, 1.82) is 0 Å². The molecule has 1 rings (SSSR count). The van der Waals surface area contributed by atoms with E-state index in [4.69, 9.17) is 9.47 Å². The van der Waals surface area contributed by atoms with Crippen molar-refractivity contribution in [3.8, 4) is 0 Å². The van der Waals surface area contributed by atoms with Crippen molar-refractivity contribution in [2.24, 2.45) is 0 Å². The first-order valence-corrected chi connectivity index (χ1v) is 8.19.